The van der Waals surface area contributed by atoms with E-state index in [9.17, 15) is 14.7 Å². The van der Waals surface area contributed by atoms with Crippen molar-refractivity contribution in [2.24, 2.45) is 11.3 Å². The number of anilines is 1. The molecule has 1 saturated carbocycles. The molecule has 144 valence electrons. The van der Waals surface area contributed by atoms with Gasteiger partial charge in [0.05, 0.1) is 12.5 Å². The van der Waals surface area contributed by atoms with Crippen LogP contribution in [0.1, 0.15) is 44.0 Å². The van der Waals surface area contributed by atoms with Gasteiger partial charge in [0.2, 0.25) is 16.9 Å². The second-order valence-electron chi connectivity index (χ2n) is 7.10. The van der Waals surface area contributed by atoms with Crippen LogP contribution in [-0.4, -0.2) is 53.4 Å². The van der Waals surface area contributed by atoms with Gasteiger partial charge in [0, 0.05) is 31.5 Å². The van der Waals surface area contributed by atoms with E-state index in [1.807, 2.05) is 6.92 Å². The molecule has 2 fully saturated rings. The second kappa shape index (κ2) is 8.41. The van der Waals surface area contributed by atoms with Gasteiger partial charge in [-0.2, -0.15) is 0 Å². The fraction of sp³-hybridized carbons (Fsp3) is 0.765. The summed E-state index contributed by atoms with van der Waals surface area (Å²) in [6.45, 7) is 3.76. The number of carbonyl (C=O) groups is 2. The molecule has 1 unspecified atom stereocenters. The summed E-state index contributed by atoms with van der Waals surface area (Å²) < 4.78 is 5.30. The maximum atomic E-state index is 12.5. The molecule has 1 atom stereocenters. The Morgan fingerprint density at radius 3 is 2.88 bits per heavy atom. The molecule has 9 heteroatoms. The zero-order valence-corrected chi connectivity index (χ0v) is 15.9. The summed E-state index contributed by atoms with van der Waals surface area (Å²) in [6, 6.07) is 0. The number of aliphatic hydroxyl groups is 1. The topological polar surface area (TPSA) is 105 Å². The third-order valence-electron chi connectivity index (χ3n) is 5.25. The highest BCUT2D eigenvalue weighted by Gasteiger charge is 2.38. The highest BCUT2D eigenvalue weighted by Crippen LogP contribution is 2.37. The summed E-state index contributed by atoms with van der Waals surface area (Å²) in [4.78, 5) is 26.3. The maximum absolute atomic E-state index is 12.5. The monoisotopic (exact) mass is 382 g/mol. The van der Waals surface area contributed by atoms with E-state index in [1.54, 1.807) is 0 Å². The van der Waals surface area contributed by atoms with Gasteiger partial charge in [0.1, 0.15) is 11.6 Å². The first-order valence-electron chi connectivity index (χ1n) is 9.16. The van der Waals surface area contributed by atoms with Crippen molar-refractivity contribution in [3.05, 3.63) is 5.01 Å². The molecule has 1 aromatic heterocycles. The summed E-state index contributed by atoms with van der Waals surface area (Å²) in [6.07, 6.45) is 4.23. The van der Waals surface area contributed by atoms with Crippen LogP contribution in [0.2, 0.25) is 0 Å². The summed E-state index contributed by atoms with van der Waals surface area (Å²) in [5.74, 6) is -0.625. The minimum atomic E-state index is -0.390. The van der Waals surface area contributed by atoms with Crippen LogP contribution in [-0.2, 0) is 20.9 Å². The molecule has 2 amide bonds. The van der Waals surface area contributed by atoms with Crippen LogP contribution in [0.3, 0.4) is 0 Å². The molecule has 2 N–H and O–H groups in total. The average molecular weight is 382 g/mol. The molecule has 1 saturated heterocycles. The average Bonchev–Trinajstić information content (AvgIpc) is 3.38. The molecule has 26 heavy (non-hydrogen) atoms. The smallest absolute Gasteiger partial charge is 0.229 e. The van der Waals surface area contributed by atoms with Crippen molar-refractivity contribution in [3.63, 3.8) is 0 Å². The van der Waals surface area contributed by atoms with Gasteiger partial charge in [-0.1, -0.05) is 24.2 Å². The lowest BCUT2D eigenvalue weighted by Crippen LogP contribution is -2.41. The molecule has 1 aliphatic carbocycles. The lowest BCUT2D eigenvalue weighted by Gasteiger charge is -2.27. The van der Waals surface area contributed by atoms with Crippen molar-refractivity contribution in [1.82, 2.24) is 15.5 Å². The van der Waals surface area contributed by atoms with Gasteiger partial charge in [-0.05, 0) is 19.8 Å². The van der Waals surface area contributed by atoms with Gasteiger partial charge in [-0.3, -0.25) is 14.5 Å². The number of hydrogen-bond acceptors (Lipinski definition) is 7. The van der Waals surface area contributed by atoms with Gasteiger partial charge in [0.25, 0.3) is 0 Å². The number of rotatable bonds is 8. The molecule has 1 aromatic rings. The summed E-state index contributed by atoms with van der Waals surface area (Å²) in [5.41, 5.74) is -0.189. The Bertz CT molecular complexity index is 644. The van der Waals surface area contributed by atoms with E-state index in [4.69, 9.17) is 4.74 Å². The van der Waals surface area contributed by atoms with Crippen LogP contribution < -0.4 is 10.2 Å². The van der Waals surface area contributed by atoms with Gasteiger partial charge in [0.15, 0.2) is 0 Å². The molecular formula is C17H26N4O4S. The van der Waals surface area contributed by atoms with Gasteiger partial charge < -0.3 is 15.2 Å². The zero-order chi connectivity index (χ0) is 18.6. The van der Waals surface area contributed by atoms with Crippen molar-refractivity contribution >= 4 is 28.3 Å². The van der Waals surface area contributed by atoms with Crippen molar-refractivity contribution in [2.45, 2.75) is 45.6 Å². The maximum Gasteiger partial charge on any atom is 0.229 e. The van der Waals surface area contributed by atoms with Crippen molar-refractivity contribution in [1.29, 1.82) is 0 Å². The predicted molar refractivity (Wildman–Crippen MR) is 96.7 cm³/mol. The number of nitrogens with zero attached hydrogens (tertiary/aromatic N) is 3. The van der Waals surface area contributed by atoms with Gasteiger partial charge in [-0.25, -0.2) is 0 Å². The molecular weight excluding hydrogens is 356 g/mol. The van der Waals surface area contributed by atoms with Gasteiger partial charge in [-0.15, -0.1) is 10.2 Å². The molecule has 8 nitrogen and oxygen atoms in total. The number of nitrogens with one attached hydrogen (secondary N) is 1. The van der Waals surface area contributed by atoms with E-state index in [0.29, 0.717) is 36.4 Å². The molecule has 1 aliphatic heterocycles. The Balaban J connectivity index is 1.55. The first-order chi connectivity index (χ1) is 12.6. The largest absolute Gasteiger partial charge is 0.396 e. The van der Waals surface area contributed by atoms with Crippen LogP contribution in [0.15, 0.2) is 0 Å². The normalized spacial score (nSPS) is 22.2. The number of aromatic nitrogens is 2. The molecule has 0 bridgehead atoms. The Morgan fingerprint density at radius 1 is 1.42 bits per heavy atom. The molecule has 0 aromatic carbocycles. The number of amides is 2. The SMILES string of the molecule is CCOCc1nnc(N2CC(C(=O)NCC3(CO)CCCC3)CC2=O)s1. The third kappa shape index (κ3) is 4.21. The fourth-order valence-corrected chi connectivity index (χ4v) is 4.41. The van der Waals surface area contributed by atoms with Crippen molar-refractivity contribution in [2.75, 3.05) is 31.2 Å². The van der Waals surface area contributed by atoms with E-state index in [-0.39, 0.29) is 36.2 Å². The van der Waals surface area contributed by atoms with E-state index >= 15 is 0 Å². The molecule has 0 radical (unpaired) electrons. The number of hydrogen-bond donors (Lipinski definition) is 2. The van der Waals surface area contributed by atoms with E-state index < -0.39 is 0 Å². The Kier molecular flexibility index (Phi) is 6.20. The summed E-state index contributed by atoms with van der Waals surface area (Å²) >= 11 is 1.32. The quantitative estimate of drug-likeness (QED) is 0.698. The highest BCUT2D eigenvalue weighted by atomic mass is 32.1. The first kappa shape index (κ1) is 19.2. The van der Waals surface area contributed by atoms with Crippen molar-refractivity contribution in [3.8, 4) is 0 Å². The molecule has 2 heterocycles. The Morgan fingerprint density at radius 2 is 2.19 bits per heavy atom. The number of carbonyl (C=O) groups excluding carboxylic acids is 2. The Hall–Kier alpha value is -1.58. The second-order valence-corrected chi connectivity index (χ2v) is 8.14. The summed E-state index contributed by atoms with van der Waals surface area (Å²) in [5, 5.41) is 21.9. The third-order valence-corrected chi connectivity index (χ3v) is 6.17. The van der Waals surface area contributed by atoms with Crippen LogP contribution in [0.4, 0.5) is 5.13 Å². The summed E-state index contributed by atoms with van der Waals surface area (Å²) in [7, 11) is 0. The minimum absolute atomic E-state index is 0.0936. The number of ether oxygens (including phenoxy) is 1. The van der Waals surface area contributed by atoms with Gasteiger partial charge >= 0.3 is 0 Å². The highest BCUT2D eigenvalue weighted by molar-refractivity contribution is 7.15. The van der Waals surface area contributed by atoms with E-state index in [1.165, 1.54) is 16.2 Å². The van der Waals surface area contributed by atoms with Crippen LogP contribution in [0.5, 0.6) is 0 Å². The molecule has 0 spiro atoms. The number of aliphatic hydroxyl groups excluding tert-OH is 1. The Labute approximate surface area is 156 Å². The van der Waals surface area contributed by atoms with Crippen LogP contribution in [0.25, 0.3) is 0 Å². The van der Waals surface area contributed by atoms with Crippen LogP contribution in [0, 0.1) is 11.3 Å². The van der Waals surface area contributed by atoms with Crippen molar-refractivity contribution < 1.29 is 19.4 Å². The zero-order valence-electron chi connectivity index (χ0n) is 15.1. The molecule has 3 rings (SSSR count). The van der Waals surface area contributed by atoms with E-state index in [0.717, 1.165) is 25.7 Å². The molecule has 2 aliphatic rings. The lowest BCUT2D eigenvalue weighted by atomic mass is 9.87. The first-order valence-corrected chi connectivity index (χ1v) is 9.97. The fourth-order valence-electron chi connectivity index (χ4n) is 3.60. The standard InChI is InChI=1S/C17H26N4O4S/c1-2-25-9-13-19-20-16(26-13)21-8-12(7-14(21)23)15(24)18-10-17(11-22)5-3-4-6-17/h12,22H,2-11H2,1H3,(H,18,24). The minimum Gasteiger partial charge on any atom is -0.396 e. The van der Waals surface area contributed by atoms with Crippen LogP contribution >= 0.6 is 11.3 Å². The lowest BCUT2D eigenvalue weighted by molar-refractivity contribution is -0.126. The predicted octanol–water partition coefficient (Wildman–Crippen LogP) is 1.10. The van der Waals surface area contributed by atoms with E-state index in [2.05, 4.69) is 15.5 Å².